The molecule has 0 heterocycles. The zero-order chi connectivity index (χ0) is 46.5. The molecule has 0 radical (unpaired) electrons. The van der Waals surface area contributed by atoms with Gasteiger partial charge in [0.2, 0.25) is 0 Å². The van der Waals surface area contributed by atoms with Crippen LogP contribution in [0.1, 0.15) is 245 Å². The standard InChI is InChI=1S/C58H98O6/c1-4-7-10-13-16-19-22-25-27-28-29-30-32-33-36-39-42-45-48-51-57(60)63-54-55(53-62-56(59)50-47-44-41-38-35-24-21-18-15-12-9-6-3)64-58(61)52-49-46-43-40-37-34-31-26-23-20-17-14-11-8-5-2/h8-9,11-12,14,17-18,20-21,23,26,31,34,37,55H,4-7,10,13,15-16,19,22,24-25,27-30,32-33,35-36,38-54H2,1-3H3/b11-8-,12-9-,17-14-,21-18-,23-20-,31-26-,37-34-. The zero-order valence-electron chi connectivity index (χ0n) is 41.8. The Morgan fingerprint density at radius 3 is 1.14 bits per heavy atom. The summed E-state index contributed by atoms with van der Waals surface area (Å²) >= 11 is 0. The Labute approximate surface area is 395 Å². The minimum absolute atomic E-state index is 0.0972. The molecule has 0 rings (SSSR count). The largest absolute Gasteiger partial charge is 0.462 e. The summed E-state index contributed by atoms with van der Waals surface area (Å²) < 4.78 is 16.8. The average Bonchev–Trinajstić information content (AvgIpc) is 3.29. The van der Waals surface area contributed by atoms with E-state index in [0.29, 0.717) is 19.3 Å². The van der Waals surface area contributed by atoms with E-state index < -0.39 is 6.10 Å². The maximum atomic E-state index is 12.8. The lowest BCUT2D eigenvalue weighted by molar-refractivity contribution is -0.167. The molecule has 6 heteroatoms. The topological polar surface area (TPSA) is 78.9 Å². The van der Waals surface area contributed by atoms with Crippen LogP contribution in [0.3, 0.4) is 0 Å². The number of esters is 3. The number of rotatable bonds is 47. The molecule has 0 spiro atoms. The predicted molar refractivity (Wildman–Crippen MR) is 274 cm³/mol. The normalized spacial score (nSPS) is 12.7. The molecule has 1 atom stereocenters. The Morgan fingerprint density at radius 1 is 0.344 bits per heavy atom. The number of carbonyl (C=O) groups excluding carboxylic acids is 3. The quantitative estimate of drug-likeness (QED) is 0.0199. The van der Waals surface area contributed by atoms with Gasteiger partial charge in [-0.2, -0.15) is 0 Å². The summed E-state index contributed by atoms with van der Waals surface area (Å²) in [5.74, 6) is -0.952. The Kier molecular flexibility index (Phi) is 49.4. The van der Waals surface area contributed by atoms with Crippen molar-refractivity contribution < 1.29 is 28.6 Å². The molecule has 0 aromatic rings. The first-order valence-electron chi connectivity index (χ1n) is 26.7. The van der Waals surface area contributed by atoms with Gasteiger partial charge in [0.05, 0.1) is 0 Å². The van der Waals surface area contributed by atoms with E-state index in [-0.39, 0.29) is 37.5 Å². The molecule has 0 aliphatic rings. The first-order valence-corrected chi connectivity index (χ1v) is 26.7. The molecular formula is C58H98O6. The highest BCUT2D eigenvalue weighted by molar-refractivity contribution is 5.71. The van der Waals surface area contributed by atoms with Crippen molar-refractivity contribution in [2.75, 3.05) is 13.2 Å². The van der Waals surface area contributed by atoms with Crippen LogP contribution in [0.25, 0.3) is 0 Å². The van der Waals surface area contributed by atoms with E-state index in [1.807, 2.05) is 48.6 Å². The summed E-state index contributed by atoms with van der Waals surface area (Å²) in [6, 6.07) is 0. The lowest BCUT2D eigenvalue weighted by Crippen LogP contribution is -2.30. The van der Waals surface area contributed by atoms with Crippen LogP contribution in [0, 0.1) is 0 Å². The molecule has 0 saturated carbocycles. The highest BCUT2D eigenvalue weighted by Crippen LogP contribution is 2.16. The van der Waals surface area contributed by atoms with E-state index in [4.69, 9.17) is 14.2 Å². The fraction of sp³-hybridized carbons (Fsp3) is 0.707. The number of ether oxygens (including phenoxy) is 3. The lowest BCUT2D eigenvalue weighted by Gasteiger charge is -2.18. The number of hydrogen-bond donors (Lipinski definition) is 0. The van der Waals surface area contributed by atoms with Crippen LogP contribution in [0.4, 0.5) is 0 Å². The molecule has 366 valence electrons. The minimum atomic E-state index is -0.803. The van der Waals surface area contributed by atoms with Gasteiger partial charge in [0.25, 0.3) is 0 Å². The zero-order valence-corrected chi connectivity index (χ0v) is 41.8. The Hall–Kier alpha value is -3.41. The molecule has 1 unspecified atom stereocenters. The molecule has 0 fully saturated rings. The van der Waals surface area contributed by atoms with Crippen LogP contribution in [0.5, 0.6) is 0 Å². The third kappa shape index (κ3) is 49.6. The number of hydrogen-bond acceptors (Lipinski definition) is 6. The van der Waals surface area contributed by atoms with Crippen molar-refractivity contribution in [1.82, 2.24) is 0 Å². The number of carbonyl (C=O) groups is 3. The van der Waals surface area contributed by atoms with Crippen molar-refractivity contribution in [3.05, 3.63) is 85.1 Å². The Morgan fingerprint density at radius 2 is 0.688 bits per heavy atom. The third-order valence-corrected chi connectivity index (χ3v) is 11.3. The molecular weight excluding hydrogens is 793 g/mol. The second kappa shape index (κ2) is 52.2. The Balaban J connectivity index is 4.40. The van der Waals surface area contributed by atoms with E-state index in [2.05, 4.69) is 57.2 Å². The van der Waals surface area contributed by atoms with Gasteiger partial charge in [0, 0.05) is 19.3 Å². The number of unbranched alkanes of at least 4 members (excludes halogenated alkanes) is 26. The second-order valence-electron chi connectivity index (χ2n) is 17.5. The molecule has 0 saturated heterocycles. The van der Waals surface area contributed by atoms with Gasteiger partial charge in [-0.1, -0.05) is 247 Å². The van der Waals surface area contributed by atoms with Crippen LogP contribution >= 0.6 is 0 Å². The summed E-state index contributed by atoms with van der Waals surface area (Å²) in [7, 11) is 0. The van der Waals surface area contributed by atoms with Gasteiger partial charge in [-0.25, -0.2) is 0 Å². The first-order chi connectivity index (χ1) is 31.5. The van der Waals surface area contributed by atoms with Crippen molar-refractivity contribution in [1.29, 1.82) is 0 Å². The van der Waals surface area contributed by atoms with Crippen LogP contribution in [-0.2, 0) is 28.6 Å². The molecule has 6 nitrogen and oxygen atoms in total. The first kappa shape index (κ1) is 60.6. The molecule has 0 bridgehead atoms. The van der Waals surface area contributed by atoms with Gasteiger partial charge < -0.3 is 14.2 Å². The highest BCUT2D eigenvalue weighted by Gasteiger charge is 2.19. The summed E-state index contributed by atoms with van der Waals surface area (Å²) in [4.78, 5) is 38.0. The Bertz CT molecular complexity index is 1250. The smallest absolute Gasteiger partial charge is 0.306 e. The van der Waals surface area contributed by atoms with Crippen LogP contribution < -0.4 is 0 Å². The van der Waals surface area contributed by atoms with E-state index in [1.165, 1.54) is 103 Å². The molecule has 0 aromatic carbocycles. The van der Waals surface area contributed by atoms with Gasteiger partial charge in [-0.15, -0.1) is 0 Å². The maximum Gasteiger partial charge on any atom is 0.306 e. The maximum absolute atomic E-state index is 12.8. The van der Waals surface area contributed by atoms with Gasteiger partial charge in [-0.05, 0) is 64.2 Å². The van der Waals surface area contributed by atoms with Crippen molar-refractivity contribution in [3.63, 3.8) is 0 Å². The molecule has 64 heavy (non-hydrogen) atoms. The van der Waals surface area contributed by atoms with E-state index in [9.17, 15) is 14.4 Å². The summed E-state index contributed by atoms with van der Waals surface area (Å²) in [5, 5.41) is 0. The van der Waals surface area contributed by atoms with Crippen LogP contribution in [0.15, 0.2) is 85.1 Å². The van der Waals surface area contributed by atoms with Crippen molar-refractivity contribution >= 4 is 17.9 Å². The third-order valence-electron chi connectivity index (χ3n) is 11.3. The van der Waals surface area contributed by atoms with Crippen molar-refractivity contribution in [2.24, 2.45) is 0 Å². The lowest BCUT2D eigenvalue weighted by atomic mass is 10.0. The molecule has 0 N–H and O–H groups in total. The van der Waals surface area contributed by atoms with Gasteiger partial charge in [-0.3, -0.25) is 14.4 Å². The molecule has 0 aliphatic carbocycles. The molecule has 0 aromatic heterocycles. The summed E-state index contributed by atoms with van der Waals surface area (Å²) in [6.07, 6.45) is 67.2. The average molecular weight is 891 g/mol. The van der Waals surface area contributed by atoms with Crippen molar-refractivity contribution in [3.8, 4) is 0 Å². The highest BCUT2D eigenvalue weighted by atomic mass is 16.6. The summed E-state index contributed by atoms with van der Waals surface area (Å²) in [6.45, 7) is 6.35. The van der Waals surface area contributed by atoms with E-state index >= 15 is 0 Å². The van der Waals surface area contributed by atoms with Gasteiger partial charge in [0.1, 0.15) is 13.2 Å². The van der Waals surface area contributed by atoms with Crippen LogP contribution in [-0.4, -0.2) is 37.2 Å². The summed E-state index contributed by atoms with van der Waals surface area (Å²) in [5.41, 5.74) is 0. The van der Waals surface area contributed by atoms with E-state index in [1.54, 1.807) is 0 Å². The predicted octanol–water partition coefficient (Wildman–Crippen LogP) is 17.6. The SMILES string of the molecule is CC\C=C/C=C\C=C/C=C\C=C/CCCCCC(=O)OC(COC(=O)CCCCCCC/C=C\C/C=C\CC)COC(=O)CCCCCCCCCCCCCCCCCCCCC. The second-order valence-corrected chi connectivity index (χ2v) is 17.5. The fourth-order valence-corrected chi connectivity index (χ4v) is 7.32. The van der Waals surface area contributed by atoms with Gasteiger partial charge >= 0.3 is 17.9 Å². The molecule has 0 aliphatic heterocycles. The van der Waals surface area contributed by atoms with Crippen molar-refractivity contribution in [2.45, 2.75) is 252 Å². The van der Waals surface area contributed by atoms with Gasteiger partial charge in [0.15, 0.2) is 6.10 Å². The molecule has 0 amide bonds. The van der Waals surface area contributed by atoms with E-state index in [0.717, 1.165) is 96.3 Å². The monoisotopic (exact) mass is 891 g/mol. The minimum Gasteiger partial charge on any atom is -0.462 e. The van der Waals surface area contributed by atoms with Crippen LogP contribution in [0.2, 0.25) is 0 Å². The number of allylic oxidation sites excluding steroid dienone is 14. The fourth-order valence-electron chi connectivity index (χ4n) is 7.32.